The third kappa shape index (κ3) is 4.04. The SMILES string of the molecule is CSC(=Nc1nc(SC)n(Cc2ccccc2)n1)SC. The van der Waals surface area contributed by atoms with Crippen LogP contribution in [-0.2, 0) is 6.54 Å². The Balaban J connectivity index is 2.25. The molecule has 2 aromatic rings. The van der Waals surface area contributed by atoms with Gasteiger partial charge >= 0.3 is 0 Å². The van der Waals surface area contributed by atoms with E-state index >= 15 is 0 Å². The third-order valence-electron chi connectivity index (χ3n) is 2.52. The topological polar surface area (TPSA) is 43.1 Å². The Morgan fingerprint density at radius 1 is 1.15 bits per heavy atom. The number of nitrogens with zero attached hydrogens (tertiary/aromatic N) is 4. The molecule has 20 heavy (non-hydrogen) atoms. The van der Waals surface area contributed by atoms with Crippen LogP contribution in [0.25, 0.3) is 0 Å². The molecule has 106 valence electrons. The summed E-state index contributed by atoms with van der Waals surface area (Å²) in [7, 11) is 0. The lowest BCUT2D eigenvalue weighted by Crippen LogP contribution is -2.02. The lowest BCUT2D eigenvalue weighted by atomic mass is 10.2. The second-order valence-corrected chi connectivity index (χ2v) is 6.45. The van der Waals surface area contributed by atoms with E-state index < -0.39 is 0 Å². The Kier molecular flexibility index (Phi) is 6.00. The molecule has 0 N–H and O–H groups in total. The highest BCUT2D eigenvalue weighted by Gasteiger charge is 2.09. The predicted molar refractivity (Wildman–Crippen MR) is 91.5 cm³/mol. The summed E-state index contributed by atoms with van der Waals surface area (Å²) in [6.45, 7) is 0.716. The second-order valence-electron chi connectivity index (χ2n) is 3.83. The largest absolute Gasteiger partial charge is 0.270 e. The van der Waals surface area contributed by atoms with Gasteiger partial charge in [-0.1, -0.05) is 42.1 Å². The molecule has 0 atom stereocenters. The first kappa shape index (κ1) is 15.5. The van der Waals surface area contributed by atoms with Crippen molar-refractivity contribution in [1.29, 1.82) is 0 Å². The smallest absolute Gasteiger partial charge is 0.234 e. The fraction of sp³-hybridized carbons (Fsp3) is 0.308. The molecule has 0 amide bonds. The minimum absolute atomic E-state index is 0.531. The summed E-state index contributed by atoms with van der Waals surface area (Å²) >= 11 is 4.80. The van der Waals surface area contributed by atoms with Crippen LogP contribution >= 0.6 is 35.3 Å². The van der Waals surface area contributed by atoms with E-state index in [1.807, 2.05) is 41.6 Å². The van der Waals surface area contributed by atoms with Gasteiger partial charge in [0.2, 0.25) is 0 Å². The van der Waals surface area contributed by atoms with Gasteiger partial charge in [0, 0.05) is 0 Å². The summed E-state index contributed by atoms with van der Waals surface area (Å²) in [5.74, 6) is 0.531. The molecular weight excluding hydrogens is 308 g/mol. The van der Waals surface area contributed by atoms with E-state index in [4.69, 9.17) is 0 Å². The van der Waals surface area contributed by atoms with Crippen molar-refractivity contribution in [3.63, 3.8) is 0 Å². The molecule has 1 aromatic heterocycles. The Morgan fingerprint density at radius 2 is 1.85 bits per heavy atom. The molecule has 1 aromatic carbocycles. The number of aliphatic imine (C=N–C) groups is 1. The monoisotopic (exact) mass is 324 g/mol. The fourth-order valence-electron chi connectivity index (χ4n) is 1.63. The minimum Gasteiger partial charge on any atom is -0.234 e. The van der Waals surface area contributed by atoms with Crippen molar-refractivity contribution in [2.45, 2.75) is 11.7 Å². The number of benzene rings is 1. The van der Waals surface area contributed by atoms with Gasteiger partial charge in [0.25, 0.3) is 5.95 Å². The lowest BCUT2D eigenvalue weighted by molar-refractivity contribution is 0.620. The van der Waals surface area contributed by atoms with E-state index in [0.29, 0.717) is 12.5 Å². The molecule has 0 saturated heterocycles. The van der Waals surface area contributed by atoms with E-state index in [2.05, 4.69) is 27.2 Å². The van der Waals surface area contributed by atoms with Crippen molar-refractivity contribution in [2.75, 3.05) is 18.8 Å². The van der Waals surface area contributed by atoms with Crippen LogP contribution in [0.5, 0.6) is 0 Å². The van der Waals surface area contributed by atoms with Gasteiger partial charge in [-0.3, -0.25) is 0 Å². The van der Waals surface area contributed by atoms with Crippen molar-refractivity contribution in [3.05, 3.63) is 35.9 Å². The Bertz CT molecular complexity index is 575. The molecule has 7 heteroatoms. The zero-order chi connectivity index (χ0) is 14.4. The van der Waals surface area contributed by atoms with Crippen LogP contribution < -0.4 is 0 Å². The van der Waals surface area contributed by atoms with E-state index in [1.54, 1.807) is 35.3 Å². The number of aromatic nitrogens is 3. The Labute approximate surface area is 131 Å². The number of hydrogen-bond donors (Lipinski definition) is 0. The average molecular weight is 325 g/mol. The minimum atomic E-state index is 0.531. The fourth-order valence-corrected chi connectivity index (χ4v) is 3.13. The van der Waals surface area contributed by atoms with E-state index in [9.17, 15) is 0 Å². The van der Waals surface area contributed by atoms with Gasteiger partial charge in [0.05, 0.1) is 6.54 Å². The molecular formula is C13H16N4S3. The summed E-state index contributed by atoms with van der Waals surface area (Å²) in [5.41, 5.74) is 1.21. The molecule has 2 rings (SSSR count). The van der Waals surface area contributed by atoms with Crippen LogP contribution in [0.2, 0.25) is 0 Å². The summed E-state index contributed by atoms with van der Waals surface area (Å²) in [4.78, 5) is 8.91. The molecule has 0 aliphatic rings. The molecule has 0 unspecified atom stereocenters. The normalized spacial score (nSPS) is 10.6. The number of rotatable bonds is 4. The van der Waals surface area contributed by atoms with Gasteiger partial charge in [-0.05, 0) is 24.3 Å². The summed E-state index contributed by atoms with van der Waals surface area (Å²) in [5, 5.41) is 5.37. The van der Waals surface area contributed by atoms with Crippen LogP contribution in [0.15, 0.2) is 40.5 Å². The van der Waals surface area contributed by atoms with Gasteiger partial charge in [-0.2, -0.15) is 9.98 Å². The van der Waals surface area contributed by atoms with Gasteiger partial charge in [0.15, 0.2) is 5.16 Å². The standard InChI is InChI=1S/C13H16N4S3/c1-18-12-14-11(15-13(19-2)20-3)16-17(12)9-10-7-5-4-6-8-10/h4-8H,9H2,1-3H3. The van der Waals surface area contributed by atoms with Crippen molar-refractivity contribution in [3.8, 4) is 0 Å². The van der Waals surface area contributed by atoms with Crippen molar-refractivity contribution < 1.29 is 0 Å². The molecule has 0 aliphatic carbocycles. The van der Waals surface area contributed by atoms with Crippen LogP contribution in [0, 0.1) is 0 Å². The predicted octanol–water partition coefficient (Wildman–Crippen LogP) is 3.76. The van der Waals surface area contributed by atoms with Crippen molar-refractivity contribution in [2.24, 2.45) is 4.99 Å². The molecule has 0 radical (unpaired) electrons. The molecule has 4 nitrogen and oxygen atoms in total. The quantitative estimate of drug-likeness (QED) is 0.487. The zero-order valence-electron chi connectivity index (χ0n) is 11.6. The Hall–Kier alpha value is -0.920. The zero-order valence-corrected chi connectivity index (χ0v) is 14.1. The molecule has 0 spiro atoms. The summed E-state index contributed by atoms with van der Waals surface area (Å²) in [6.07, 6.45) is 6.01. The second kappa shape index (κ2) is 7.75. The summed E-state index contributed by atoms with van der Waals surface area (Å²) < 4.78 is 2.87. The van der Waals surface area contributed by atoms with Crippen LogP contribution in [0.1, 0.15) is 5.56 Å². The highest BCUT2D eigenvalue weighted by molar-refractivity contribution is 8.38. The van der Waals surface area contributed by atoms with Gasteiger partial charge < -0.3 is 0 Å². The highest BCUT2D eigenvalue weighted by atomic mass is 32.2. The summed E-state index contributed by atoms with van der Waals surface area (Å²) in [6, 6.07) is 10.3. The van der Waals surface area contributed by atoms with Crippen LogP contribution in [0.4, 0.5) is 5.95 Å². The molecule has 0 saturated carbocycles. The third-order valence-corrected chi connectivity index (χ3v) is 5.07. The van der Waals surface area contributed by atoms with Crippen molar-refractivity contribution in [1.82, 2.24) is 14.8 Å². The van der Waals surface area contributed by atoms with E-state index in [-0.39, 0.29) is 0 Å². The first-order valence-electron chi connectivity index (χ1n) is 5.96. The van der Waals surface area contributed by atoms with Crippen LogP contribution in [-0.4, -0.2) is 37.9 Å². The maximum absolute atomic E-state index is 4.48. The maximum Gasteiger partial charge on any atom is 0.270 e. The molecule has 0 fully saturated rings. The van der Waals surface area contributed by atoms with Gasteiger partial charge in [0.1, 0.15) is 4.38 Å². The Morgan fingerprint density at radius 3 is 2.45 bits per heavy atom. The maximum atomic E-state index is 4.48. The number of hydrogen-bond acceptors (Lipinski definition) is 6. The highest BCUT2D eigenvalue weighted by Crippen LogP contribution is 2.21. The lowest BCUT2D eigenvalue weighted by Gasteiger charge is -2.03. The molecule has 1 heterocycles. The van der Waals surface area contributed by atoms with Crippen LogP contribution in [0.3, 0.4) is 0 Å². The first-order chi connectivity index (χ1) is 9.76. The number of thioether (sulfide) groups is 3. The van der Waals surface area contributed by atoms with Gasteiger partial charge in [-0.15, -0.1) is 28.6 Å². The van der Waals surface area contributed by atoms with E-state index in [0.717, 1.165) is 9.53 Å². The van der Waals surface area contributed by atoms with Gasteiger partial charge in [-0.25, -0.2) is 4.68 Å². The average Bonchev–Trinajstić information content (AvgIpc) is 2.87. The van der Waals surface area contributed by atoms with E-state index in [1.165, 1.54) is 5.56 Å². The molecule has 0 bridgehead atoms. The first-order valence-corrected chi connectivity index (χ1v) is 9.63. The van der Waals surface area contributed by atoms with Crippen molar-refractivity contribution >= 4 is 45.6 Å². The molecule has 0 aliphatic heterocycles.